The Morgan fingerprint density at radius 3 is 2.47 bits per heavy atom. The summed E-state index contributed by atoms with van der Waals surface area (Å²) in [7, 11) is -3.62. The first-order valence-electron chi connectivity index (χ1n) is 6.15. The van der Waals surface area contributed by atoms with E-state index in [1.54, 1.807) is 0 Å². The van der Waals surface area contributed by atoms with Gasteiger partial charge in [0.05, 0.1) is 5.02 Å². The van der Waals surface area contributed by atoms with Crippen molar-refractivity contribution in [2.24, 2.45) is 5.73 Å². The Bertz CT molecular complexity index is 569. The van der Waals surface area contributed by atoms with Crippen molar-refractivity contribution in [2.45, 2.75) is 43.2 Å². The summed E-state index contributed by atoms with van der Waals surface area (Å²) in [5.74, 6) is 0. The molecule has 1 aromatic rings. The van der Waals surface area contributed by atoms with Crippen LogP contribution in [0.5, 0.6) is 0 Å². The van der Waals surface area contributed by atoms with Crippen molar-refractivity contribution >= 4 is 33.2 Å². The molecule has 0 amide bonds. The summed E-state index contributed by atoms with van der Waals surface area (Å²) in [4.78, 5) is 0.0471. The second kappa shape index (κ2) is 5.97. The number of hydrogen-bond donors (Lipinski definition) is 2. The van der Waals surface area contributed by atoms with Crippen LogP contribution in [-0.2, 0) is 16.6 Å². The first-order valence-corrected chi connectivity index (χ1v) is 8.39. The van der Waals surface area contributed by atoms with E-state index in [4.69, 9.17) is 28.9 Å². The molecule has 1 fully saturated rings. The summed E-state index contributed by atoms with van der Waals surface area (Å²) < 4.78 is 27.3. The zero-order valence-electron chi connectivity index (χ0n) is 10.3. The standard InChI is InChI=1S/C12H16Cl2N2O2S/c13-10-5-6-11(12(14)9(10)7-15)19(17,18)16-8-3-1-2-4-8/h5-6,8,16H,1-4,7,15H2. The van der Waals surface area contributed by atoms with Gasteiger partial charge in [0.2, 0.25) is 10.0 Å². The maximum absolute atomic E-state index is 12.3. The molecule has 0 aliphatic heterocycles. The van der Waals surface area contributed by atoms with Crippen LogP contribution in [0, 0.1) is 0 Å². The largest absolute Gasteiger partial charge is 0.326 e. The second-order valence-electron chi connectivity index (χ2n) is 4.64. The van der Waals surface area contributed by atoms with Gasteiger partial charge in [-0.3, -0.25) is 0 Å². The van der Waals surface area contributed by atoms with Gasteiger partial charge in [0.25, 0.3) is 0 Å². The molecule has 1 saturated carbocycles. The molecule has 0 aromatic heterocycles. The SMILES string of the molecule is NCc1c(Cl)ccc(S(=O)(=O)NC2CCCC2)c1Cl. The molecule has 3 N–H and O–H groups in total. The van der Waals surface area contributed by atoms with Crippen LogP contribution in [0.4, 0.5) is 0 Å². The Labute approximate surface area is 123 Å². The second-order valence-corrected chi connectivity index (χ2v) is 7.11. The summed E-state index contributed by atoms with van der Waals surface area (Å²) in [6, 6.07) is 2.93. The Kier molecular flexibility index (Phi) is 4.74. The van der Waals surface area contributed by atoms with E-state index in [-0.39, 0.29) is 22.5 Å². The van der Waals surface area contributed by atoms with Gasteiger partial charge in [-0.05, 0) is 25.0 Å². The van der Waals surface area contributed by atoms with Crippen molar-refractivity contribution in [2.75, 3.05) is 0 Å². The van der Waals surface area contributed by atoms with Crippen molar-refractivity contribution in [3.63, 3.8) is 0 Å². The highest BCUT2D eigenvalue weighted by Gasteiger charge is 2.26. The fourth-order valence-electron chi connectivity index (χ4n) is 2.30. The molecule has 1 aromatic carbocycles. The molecule has 0 bridgehead atoms. The van der Waals surface area contributed by atoms with Crippen LogP contribution in [0.15, 0.2) is 17.0 Å². The van der Waals surface area contributed by atoms with Crippen molar-refractivity contribution in [1.82, 2.24) is 4.72 Å². The molecule has 2 rings (SSSR count). The highest BCUT2D eigenvalue weighted by atomic mass is 35.5. The predicted octanol–water partition coefficient (Wildman–Crippen LogP) is 2.67. The van der Waals surface area contributed by atoms with Gasteiger partial charge in [0.15, 0.2) is 0 Å². The van der Waals surface area contributed by atoms with Gasteiger partial charge in [-0.2, -0.15) is 0 Å². The number of nitrogens with one attached hydrogen (secondary N) is 1. The molecule has 0 atom stereocenters. The van der Waals surface area contributed by atoms with E-state index in [9.17, 15) is 8.42 Å². The van der Waals surface area contributed by atoms with Gasteiger partial charge in [-0.15, -0.1) is 0 Å². The average molecular weight is 323 g/mol. The Hall–Kier alpha value is -0.330. The van der Waals surface area contributed by atoms with E-state index >= 15 is 0 Å². The molecule has 106 valence electrons. The predicted molar refractivity (Wildman–Crippen MR) is 76.9 cm³/mol. The molecule has 4 nitrogen and oxygen atoms in total. The molecular weight excluding hydrogens is 307 g/mol. The lowest BCUT2D eigenvalue weighted by Gasteiger charge is -2.15. The molecule has 0 heterocycles. The minimum atomic E-state index is -3.62. The van der Waals surface area contributed by atoms with Gasteiger partial charge in [-0.1, -0.05) is 36.0 Å². The van der Waals surface area contributed by atoms with Crippen LogP contribution in [0.1, 0.15) is 31.2 Å². The molecule has 1 aliphatic carbocycles. The lowest BCUT2D eigenvalue weighted by molar-refractivity contribution is 0.552. The van der Waals surface area contributed by atoms with Gasteiger partial charge in [0, 0.05) is 23.2 Å². The Morgan fingerprint density at radius 2 is 1.89 bits per heavy atom. The summed E-state index contributed by atoms with van der Waals surface area (Å²) in [5, 5.41) is 0.493. The van der Waals surface area contributed by atoms with E-state index in [2.05, 4.69) is 4.72 Å². The first-order chi connectivity index (χ1) is 8.95. The van der Waals surface area contributed by atoms with Gasteiger partial charge >= 0.3 is 0 Å². The maximum atomic E-state index is 12.3. The lowest BCUT2D eigenvalue weighted by Crippen LogP contribution is -2.33. The lowest BCUT2D eigenvalue weighted by atomic mass is 10.2. The highest BCUT2D eigenvalue weighted by molar-refractivity contribution is 7.89. The number of nitrogens with two attached hydrogens (primary N) is 1. The number of rotatable bonds is 4. The van der Waals surface area contributed by atoms with Crippen LogP contribution in [-0.4, -0.2) is 14.5 Å². The quantitative estimate of drug-likeness (QED) is 0.895. The summed E-state index contributed by atoms with van der Waals surface area (Å²) in [6.07, 6.45) is 3.84. The van der Waals surface area contributed by atoms with E-state index in [1.165, 1.54) is 12.1 Å². The molecule has 19 heavy (non-hydrogen) atoms. The number of hydrogen-bond acceptors (Lipinski definition) is 3. The minimum absolute atomic E-state index is 0.00179. The van der Waals surface area contributed by atoms with Crippen LogP contribution in [0.3, 0.4) is 0 Å². The number of benzene rings is 1. The Balaban J connectivity index is 2.34. The fourth-order valence-corrected chi connectivity index (χ4v) is 4.53. The number of sulfonamides is 1. The van der Waals surface area contributed by atoms with Crippen molar-refractivity contribution in [1.29, 1.82) is 0 Å². The van der Waals surface area contributed by atoms with E-state index in [1.807, 2.05) is 0 Å². The van der Waals surface area contributed by atoms with E-state index < -0.39 is 10.0 Å². The molecular formula is C12H16Cl2N2O2S. The third kappa shape index (κ3) is 3.23. The van der Waals surface area contributed by atoms with Gasteiger partial charge in [0.1, 0.15) is 4.90 Å². The van der Waals surface area contributed by atoms with Crippen molar-refractivity contribution < 1.29 is 8.42 Å². The molecule has 0 radical (unpaired) electrons. The summed E-state index contributed by atoms with van der Waals surface area (Å²) >= 11 is 12.0. The molecule has 7 heteroatoms. The minimum Gasteiger partial charge on any atom is -0.326 e. The average Bonchev–Trinajstić information content (AvgIpc) is 2.81. The molecule has 0 saturated heterocycles. The van der Waals surface area contributed by atoms with Crippen molar-refractivity contribution in [3.05, 3.63) is 27.7 Å². The van der Waals surface area contributed by atoms with E-state index in [0.29, 0.717) is 10.6 Å². The van der Waals surface area contributed by atoms with Crippen LogP contribution in [0.25, 0.3) is 0 Å². The number of halogens is 2. The zero-order valence-corrected chi connectivity index (χ0v) is 12.7. The highest BCUT2D eigenvalue weighted by Crippen LogP contribution is 2.31. The topological polar surface area (TPSA) is 72.2 Å². The maximum Gasteiger partial charge on any atom is 0.242 e. The van der Waals surface area contributed by atoms with Crippen LogP contribution >= 0.6 is 23.2 Å². The first kappa shape index (κ1) is 15.1. The van der Waals surface area contributed by atoms with Gasteiger partial charge in [-0.25, -0.2) is 13.1 Å². The monoisotopic (exact) mass is 322 g/mol. The third-order valence-corrected chi connectivity index (χ3v) is 5.78. The summed E-state index contributed by atoms with van der Waals surface area (Å²) in [5.41, 5.74) is 6.00. The normalized spacial score (nSPS) is 17.0. The van der Waals surface area contributed by atoms with Crippen molar-refractivity contribution in [3.8, 4) is 0 Å². The smallest absolute Gasteiger partial charge is 0.242 e. The third-order valence-electron chi connectivity index (χ3n) is 3.32. The fraction of sp³-hybridized carbons (Fsp3) is 0.500. The molecule has 1 aliphatic rings. The molecule has 0 spiro atoms. The summed E-state index contributed by atoms with van der Waals surface area (Å²) in [6.45, 7) is 0.102. The van der Waals surface area contributed by atoms with E-state index in [0.717, 1.165) is 25.7 Å². The zero-order chi connectivity index (χ0) is 14.0. The Morgan fingerprint density at radius 1 is 1.26 bits per heavy atom. The van der Waals surface area contributed by atoms with Crippen LogP contribution in [0.2, 0.25) is 10.0 Å². The van der Waals surface area contributed by atoms with Crippen LogP contribution < -0.4 is 10.5 Å². The van der Waals surface area contributed by atoms with Gasteiger partial charge < -0.3 is 5.73 Å². The molecule has 0 unspecified atom stereocenters.